The van der Waals surface area contributed by atoms with Gasteiger partial charge in [-0.1, -0.05) is 44.2 Å². The van der Waals surface area contributed by atoms with Crippen LogP contribution < -0.4 is 10.1 Å². The van der Waals surface area contributed by atoms with Crippen molar-refractivity contribution in [3.05, 3.63) is 60.2 Å². The average Bonchev–Trinajstić information content (AvgIpc) is 2.83. The Labute approximate surface area is 201 Å². The number of carbonyl (C=O) groups excluding carboxylic acids is 2. The summed E-state index contributed by atoms with van der Waals surface area (Å²) in [7, 11) is -3.81. The Balaban J connectivity index is 1.81. The van der Waals surface area contributed by atoms with E-state index in [9.17, 15) is 18.0 Å². The Kier molecular flexibility index (Phi) is 8.33. The van der Waals surface area contributed by atoms with E-state index < -0.39 is 22.1 Å². The average molecular weight is 488 g/mol. The zero-order valence-corrected chi connectivity index (χ0v) is 20.9. The van der Waals surface area contributed by atoms with E-state index in [-0.39, 0.29) is 42.3 Å². The zero-order chi connectivity index (χ0) is 24.9. The molecule has 1 N–H and O–H groups in total. The zero-order valence-electron chi connectivity index (χ0n) is 20.1. The number of amides is 2. The first-order valence-corrected chi connectivity index (χ1v) is 13.0. The van der Waals surface area contributed by atoms with Crippen molar-refractivity contribution in [1.82, 2.24) is 14.5 Å². The maximum absolute atomic E-state index is 13.3. The minimum atomic E-state index is -3.81. The standard InChI is InChI=1S/C25H33N3O5S/c1-5-33-21-13-11-20(12-14-21)15-26-24(29)23-17-27(16-19(4)28(23)25(30)18(2)3)34(31,32)22-9-7-6-8-10-22/h6-14,18-19,23H,5,15-17H2,1-4H3,(H,26,29). The highest BCUT2D eigenvalue weighted by atomic mass is 32.2. The molecule has 184 valence electrons. The molecule has 0 radical (unpaired) electrons. The van der Waals surface area contributed by atoms with E-state index in [1.54, 1.807) is 39.0 Å². The van der Waals surface area contributed by atoms with Crippen LogP contribution in [-0.4, -0.2) is 61.2 Å². The SMILES string of the molecule is CCOc1ccc(CNC(=O)C2CN(S(=O)(=O)c3ccccc3)CC(C)N2C(=O)C(C)C)cc1. The molecular weight excluding hydrogens is 454 g/mol. The summed E-state index contributed by atoms with van der Waals surface area (Å²) in [5.41, 5.74) is 0.871. The molecule has 0 spiro atoms. The van der Waals surface area contributed by atoms with Crippen LogP contribution in [0.5, 0.6) is 5.75 Å². The monoisotopic (exact) mass is 487 g/mol. The summed E-state index contributed by atoms with van der Waals surface area (Å²) in [6.07, 6.45) is 0. The molecule has 2 aromatic rings. The molecule has 1 saturated heterocycles. The number of benzene rings is 2. The predicted molar refractivity (Wildman–Crippen MR) is 130 cm³/mol. The first-order valence-electron chi connectivity index (χ1n) is 11.5. The first kappa shape index (κ1) is 25.7. The molecule has 2 aromatic carbocycles. The second-order valence-electron chi connectivity index (χ2n) is 8.69. The van der Waals surface area contributed by atoms with Gasteiger partial charge in [0.2, 0.25) is 21.8 Å². The number of rotatable bonds is 8. The highest BCUT2D eigenvalue weighted by molar-refractivity contribution is 7.89. The fourth-order valence-electron chi connectivity index (χ4n) is 4.04. The Bertz CT molecular complexity index is 1090. The molecule has 8 nitrogen and oxygen atoms in total. The number of nitrogens with one attached hydrogen (secondary N) is 1. The van der Waals surface area contributed by atoms with Gasteiger partial charge >= 0.3 is 0 Å². The molecule has 0 aliphatic carbocycles. The van der Waals surface area contributed by atoms with Gasteiger partial charge in [-0.05, 0) is 43.7 Å². The van der Waals surface area contributed by atoms with Gasteiger partial charge < -0.3 is 15.0 Å². The maximum Gasteiger partial charge on any atom is 0.244 e. The van der Waals surface area contributed by atoms with Crippen molar-refractivity contribution in [3.63, 3.8) is 0 Å². The third kappa shape index (κ3) is 5.77. The van der Waals surface area contributed by atoms with Crippen LogP contribution in [0.1, 0.15) is 33.3 Å². The lowest BCUT2D eigenvalue weighted by Gasteiger charge is -2.44. The smallest absolute Gasteiger partial charge is 0.244 e. The fourth-order valence-corrected chi connectivity index (χ4v) is 5.59. The van der Waals surface area contributed by atoms with Crippen molar-refractivity contribution in [2.24, 2.45) is 5.92 Å². The number of carbonyl (C=O) groups is 2. The van der Waals surface area contributed by atoms with Gasteiger partial charge in [0.1, 0.15) is 11.8 Å². The lowest BCUT2D eigenvalue weighted by molar-refractivity contribution is -0.148. The number of hydrogen-bond donors (Lipinski definition) is 1. The quantitative estimate of drug-likeness (QED) is 0.618. The van der Waals surface area contributed by atoms with Crippen molar-refractivity contribution in [2.45, 2.75) is 51.2 Å². The van der Waals surface area contributed by atoms with Gasteiger partial charge in [-0.2, -0.15) is 4.31 Å². The molecule has 0 bridgehead atoms. The molecule has 3 rings (SSSR count). The number of sulfonamides is 1. The van der Waals surface area contributed by atoms with E-state index in [4.69, 9.17) is 4.74 Å². The van der Waals surface area contributed by atoms with Crippen LogP contribution in [0, 0.1) is 5.92 Å². The summed E-state index contributed by atoms with van der Waals surface area (Å²) >= 11 is 0. The molecule has 2 atom stereocenters. The van der Waals surface area contributed by atoms with Gasteiger partial charge in [0.25, 0.3) is 0 Å². The second kappa shape index (κ2) is 11.0. The van der Waals surface area contributed by atoms with Crippen LogP contribution >= 0.6 is 0 Å². The molecule has 1 aliphatic rings. The van der Waals surface area contributed by atoms with Gasteiger partial charge in [0.05, 0.1) is 11.5 Å². The molecule has 0 saturated carbocycles. The molecule has 1 fully saturated rings. The van der Waals surface area contributed by atoms with Gasteiger partial charge in [-0.15, -0.1) is 0 Å². The highest BCUT2D eigenvalue weighted by Crippen LogP contribution is 2.25. The fraction of sp³-hybridized carbons (Fsp3) is 0.440. The summed E-state index contributed by atoms with van der Waals surface area (Å²) in [5.74, 6) is -0.136. The van der Waals surface area contributed by atoms with Crippen LogP contribution in [0.2, 0.25) is 0 Å². The molecule has 1 aliphatic heterocycles. The van der Waals surface area contributed by atoms with Gasteiger partial charge in [-0.25, -0.2) is 8.42 Å². The Hall–Kier alpha value is -2.91. The minimum Gasteiger partial charge on any atom is -0.494 e. The van der Waals surface area contributed by atoms with E-state index in [0.29, 0.717) is 6.61 Å². The van der Waals surface area contributed by atoms with Crippen molar-refractivity contribution in [3.8, 4) is 5.75 Å². The molecule has 1 heterocycles. The van der Waals surface area contributed by atoms with E-state index in [2.05, 4.69) is 5.32 Å². The number of nitrogens with zero attached hydrogens (tertiary/aromatic N) is 2. The lowest BCUT2D eigenvalue weighted by atomic mass is 10.0. The second-order valence-corrected chi connectivity index (χ2v) is 10.6. The van der Waals surface area contributed by atoms with Gasteiger partial charge in [-0.3, -0.25) is 9.59 Å². The van der Waals surface area contributed by atoms with Crippen molar-refractivity contribution >= 4 is 21.8 Å². The van der Waals surface area contributed by atoms with Crippen molar-refractivity contribution in [2.75, 3.05) is 19.7 Å². The first-order chi connectivity index (χ1) is 16.1. The number of piperazine rings is 1. The van der Waals surface area contributed by atoms with Gasteiger partial charge in [0.15, 0.2) is 0 Å². The molecule has 2 unspecified atom stereocenters. The maximum atomic E-state index is 13.3. The Morgan fingerprint density at radius 1 is 1.06 bits per heavy atom. The topological polar surface area (TPSA) is 96.0 Å². The predicted octanol–water partition coefficient (Wildman–Crippen LogP) is 2.65. The van der Waals surface area contributed by atoms with E-state index in [1.165, 1.54) is 21.3 Å². The summed E-state index contributed by atoms with van der Waals surface area (Å²) < 4.78 is 33.3. The molecular formula is C25H33N3O5S. The minimum absolute atomic E-state index is 0.102. The van der Waals surface area contributed by atoms with Crippen molar-refractivity contribution < 1.29 is 22.7 Å². The molecule has 34 heavy (non-hydrogen) atoms. The van der Waals surface area contributed by atoms with Crippen LogP contribution in [-0.2, 0) is 26.2 Å². The highest BCUT2D eigenvalue weighted by Gasteiger charge is 2.43. The van der Waals surface area contributed by atoms with Crippen LogP contribution in [0.25, 0.3) is 0 Å². The van der Waals surface area contributed by atoms with Crippen LogP contribution in [0.3, 0.4) is 0 Å². The van der Waals surface area contributed by atoms with E-state index in [0.717, 1.165) is 11.3 Å². The molecule has 2 amide bonds. The van der Waals surface area contributed by atoms with Crippen LogP contribution in [0.15, 0.2) is 59.5 Å². The lowest BCUT2D eigenvalue weighted by Crippen LogP contribution is -2.65. The Morgan fingerprint density at radius 2 is 1.71 bits per heavy atom. The molecule has 0 aromatic heterocycles. The Morgan fingerprint density at radius 3 is 2.29 bits per heavy atom. The summed E-state index contributed by atoms with van der Waals surface area (Å²) in [6.45, 7) is 8.08. The van der Waals surface area contributed by atoms with E-state index in [1.807, 2.05) is 31.2 Å². The normalized spacial score (nSPS) is 19.1. The van der Waals surface area contributed by atoms with Crippen molar-refractivity contribution in [1.29, 1.82) is 0 Å². The molecule has 9 heteroatoms. The summed E-state index contributed by atoms with van der Waals surface area (Å²) in [6, 6.07) is 14.1. The largest absolute Gasteiger partial charge is 0.494 e. The third-order valence-corrected chi connectivity index (χ3v) is 7.63. The summed E-state index contributed by atoms with van der Waals surface area (Å²) in [4.78, 5) is 28.0. The number of hydrogen-bond acceptors (Lipinski definition) is 5. The van der Waals surface area contributed by atoms with Crippen LogP contribution in [0.4, 0.5) is 0 Å². The third-order valence-electron chi connectivity index (χ3n) is 5.79. The van der Waals surface area contributed by atoms with E-state index >= 15 is 0 Å². The number of ether oxygens (including phenoxy) is 1. The van der Waals surface area contributed by atoms with Gasteiger partial charge in [0, 0.05) is 31.6 Å². The summed E-state index contributed by atoms with van der Waals surface area (Å²) in [5, 5.41) is 2.88.